The zero-order chi connectivity index (χ0) is 19.7. The lowest BCUT2D eigenvalue weighted by Gasteiger charge is -2.22. The summed E-state index contributed by atoms with van der Waals surface area (Å²) in [7, 11) is 0. The Morgan fingerprint density at radius 2 is 1.96 bits per heavy atom. The van der Waals surface area contributed by atoms with E-state index in [0.717, 1.165) is 22.5 Å². The molecule has 2 amide bonds. The van der Waals surface area contributed by atoms with E-state index in [1.165, 1.54) is 0 Å². The predicted molar refractivity (Wildman–Crippen MR) is 107 cm³/mol. The van der Waals surface area contributed by atoms with Gasteiger partial charge in [-0.2, -0.15) is 0 Å². The third kappa shape index (κ3) is 3.63. The lowest BCUT2D eigenvalue weighted by Crippen LogP contribution is -2.35. The van der Waals surface area contributed by atoms with Gasteiger partial charge in [-0.15, -0.1) is 0 Å². The molecule has 1 fully saturated rings. The number of carbonyl (C=O) groups is 2. The number of imidazole rings is 1. The summed E-state index contributed by atoms with van der Waals surface area (Å²) in [6.07, 6.45) is 4.27. The molecule has 3 heterocycles. The number of amides is 2. The van der Waals surface area contributed by atoms with E-state index in [0.29, 0.717) is 38.2 Å². The minimum absolute atomic E-state index is 0.0123. The largest absolute Gasteiger partial charge is 0.336 e. The summed E-state index contributed by atoms with van der Waals surface area (Å²) in [5.74, 6) is 0.0509. The highest BCUT2D eigenvalue weighted by atomic mass is 16.2. The van der Waals surface area contributed by atoms with Crippen LogP contribution in [0.4, 0.5) is 0 Å². The van der Waals surface area contributed by atoms with Crippen LogP contribution >= 0.6 is 0 Å². The fourth-order valence-corrected chi connectivity index (χ4v) is 3.67. The van der Waals surface area contributed by atoms with Crippen molar-refractivity contribution in [1.82, 2.24) is 19.2 Å². The van der Waals surface area contributed by atoms with Crippen LogP contribution in [0.3, 0.4) is 0 Å². The number of aromatic nitrogens is 2. The van der Waals surface area contributed by atoms with E-state index in [1.807, 2.05) is 67.0 Å². The van der Waals surface area contributed by atoms with Gasteiger partial charge in [0.1, 0.15) is 5.65 Å². The van der Waals surface area contributed by atoms with E-state index in [9.17, 15) is 9.59 Å². The van der Waals surface area contributed by atoms with Crippen molar-refractivity contribution in [3.05, 3.63) is 71.2 Å². The fourth-order valence-electron chi connectivity index (χ4n) is 3.67. The van der Waals surface area contributed by atoms with Gasteiger partial charge in [0.15, 0.2) is 0 Å². The molecule has 1 aromatic carbocycles. The number of rotatable bonds is 3. The number of pyridine rings is 1. The van der Waals surface area contributed by atoms with Crippen LogP contribution in [-0.2, 0) is 11.3 Å². The van der Waals surface area contributed by atoms with Crippen LogP contribution < -0.4 is 0 Å². The molecule has 1 saturated heterocycles. The lowest BCUT2D eigenvalue weighted by atomic mass is 10.1. The van der Waals surface area contributed by atoms with Gasteiger partial charge >= 0.3 is 0 Å². The Hall–Kier alpha value is -3.15. The Morgan fingerprint density at radius 1 is 1.11 bits per heavy atom. The maximum atomic E-state index is 12.8. The fraction of sp³-hybridized carbons (Fsp3) is 0.318. The molecule has 0 radical (unpaired) electrons. The highest BCUT2D eigenvalue weighted by molar-refractivity contribution is 5.94. The summed E-state index contributed by atoms with van der Waals surface area (Å²) < 4.78 is 1.99. The van der Waals surface area contributed by atoms with Crippen molar-refractivity contribution in [2.24, 2.45) is 0 Å². The van der Waals surface area contributed by atoms with E-state index in [4.69, 9.17) is 0 Å². The third-order valence-corrected chi connectivity index (χ3v) is 5.22. The number of fused-ring (bicyclic) bond motifs is 1. The summed E-state index contributed by atoms with van der Waals surface area (Å²) in [6.45, 7) is 5.96. The summed E-state index contributed by atoms with van der Waals surface area (Å²) >= 11 is 0. The summed E-state index contributed by atoms with van der Waals surface area (Å²) in [6, 6.07) is 11.6. The second-order valence-corrected chi connectivity index (χ2v) is 7.38. The van der Waals surface area contributed by atoms with Crippen molar-refractivity contribution in [3.8, 4) is 0 Å². The quantitative estimate of drug-likeness (QED) is 0.706. The van der Waals surface area contributed by atoms with Crippen molar-refractivity contribution in [2.45, 2.75) is 26.8 Å². The SMILES string of the molecule is Cc1cccc(C(=O)N2CCC(=O)N(Cc3cn4cccc(C)c4n3)CC2)c1. The van der Waals surface area contributed by atoms with Crippen molar-refractivity contribution in [2.75, 3.05) is 19.6 Å². The highest BCUT2D eigenvalue weighted by Gasteiger charge is 2.25. The number of hydrogen-bond donors (Lipinski definition) is 0. The van der Waals surface area contributed by atoms with Gasteiger partial charge in [-0.05, 0) is 37.6 Å². The lowest BCUT2D eigenvalue weighted by molar-refractivity contribution is -0.131. The van der Waals surface area contributed by atoms with Crippen LogP contribution in [0, 0.1) is 13.8 Å². The van der Waals surface area contributed by atoms with Crippen LogP contribution in [0.2, 0.25) is 0 Å². The topological polar surface area (TPSA) is 57.9 Å². The van der Waals surface area contributed by atoms with Crippen molar-refractivity contribution in [1.29, 1.82) is 0 Å². The molecule has 0 saturated carbocycles. The molecule has 0 spiro atoms. The van der Waals surface area contributed by atoms with Gasteiger partial charge in [-0.25, -0.2) is 4.98 Å². The van der Waals surface area contributed by atoms with E-state index in [-0.39, 0.29) is 11.8 Å². The molecule has 1 aliphatic rings. The number of aryl methyl sites for hydroxylation is 2. The van der Waals surface area contributed by atoms with Crippen LogP contribution in [0.1, 0.15) is 33.6 Å². The van der Waals surface area contributed by atoms with Crippen LogP contribution in [0.15, 0.2) is 48.8 Å². The highest BCUT2D eigenvalue weighted by Crippen LogP contribution is 2.15. The zero-order valence-corrected chi connectivity index (χ0v) is 16.3. The Kier molecular flexibility index (Phi) is 4.86. The molecule has 6 heteroatoms. The van der Waals surface area contributed by atoms with Crippen molar-refractivity contribution < 1.29 is 9.59 Å². The maximum Gasteiger partial charge on any atom is 0.253 e. The minimum Gasteiger partial charge on any atom is -0.336 e. The molecule has 0 N–H and O–H groups in total. The first-order valence-corrected chi connectivity index (χ1v) is 9.58. The van der Waals surface area contributed by atoms with Crippen LogP contribution in [0.5, 0.6) is 0 Å². The Balaban J connectivity index is 1.47. The first-order chi connectivity index (χ1) is 13.5. The molecule has 0 atom stereocenters. The molecular weight excluding hydrogens is 352 g/mol. The molecule has 2 aromatic heterocycles. The summed E-state index contributed by atoms with van der Waals surface area (Å²) in [5, 5.41) is 0. The van der Waals surface area contributed by atoms with Crippen LogP contribution in [-0.4, -0.2) is 50.6 Å². The van der Waals surface area contributed by atoms with Crippen LogP contribution in [0.25, 0.3) is 5.65 Å². The van der Waals surface area contributed by atoms with Gasteiger partial charge in [0.05, 0.1) is 12.2 Å². The molecule has 0 unspecified atom stereocenters. The second kappa shape index (κ2) is 7.46. The molecule has 28 heavy (non-hydrogen) atoms. The molecule has 1 aliphatic heterocycles. The van der Waals surface area contributed by atoms with E-state index in [2.05, 4.69) is 4.98 Å². The average Bonchev–Trinajstić information content (AvgIpc) is 3.01. The molecule has 4 rings (SSSR count). The van der Waals surface area contributed by atoms with Gasteiger partial charge < -0.3 is 14.2 Å². The number of nitrogens with zero attached hydrogens (tertiary/aromatic N) is 4. The Labute approximate surface area is 164 Å². The third-order valence-electron chi connectivity index (χ3n) is 5.22. The molecule has 144 valence electrons. The maximum absolute atomic E-state index is 12.8. The van der Waals surface area contributed by atoms with Gasteiger partial charge in [-0.1, -0.05) is 23.8 Å². The zero-order valence-electron chi connectivity index (χ0n) is 16.3. The van der Waals surface area contributed by atoms with Crippen molar-refractivity contribution >= 4 is 17.5 Å². The molecule has 6 nitrogen and oxygen atoms in total. The first kappa shape index (κ1) is 18.2. The average molecular weight is 376 g/mol. The Morgan fingerprint density at radius 3 is 2.75 bits per heavy atom. The van der Waals surface area contributed by atoms with Gasteiger partial charge in [0, 0.05) is 44.0 Å². The monoisotopic (exact) mass is 376 g/mol. The Bertz CT molecular complexity index is 1040. The molecular formula is C22H24N4O2. The van der Waals surface area contributed by atoms with Gasteiger partial charge in [-0.3, -0.25) is 9.59 Å². The molecule has 3 aromatic rings. The van der Waals surface area contributed by atoms with E-state index in [1.54, 1.807) is 9.80 Å². The van der Waals surface area contributed by atoms with E-state index >= 15 is 0 Å². The van der Waals surface area contributed by atoms with Gasteiger partial charge in [0.2, 0.25) is 5.91 Å². The standard InChI is InChI=1S/C22H24N4O2/c1-16-5-3-7-18(13-16)22(28)24-10-8-20(27)25(12-11-24)14-19-15-26-9-4-6-17(2)21(26)23-19/h3-7,9,13,15H,8,10-12,14H2,1-2H3. The van der Waals surface area contributed by atoms with Crippen molar-refractivity contribution in [3.63, 3.8) is 0 Å². The number of benzene rings is 1. The predicted octanol–water partition coefficient (Wildman–Crippen LogP) is 2.83. The van der Waals surface area contributed by atoms with E-state index < -0.39 is 0 Å². The first-order valence-electron chi connectivity index (χ1n) is 9.58. The van der Waals surface area contributed by atoms with Gasteiger partial charge in [0.25, 0.3) is 5.91 Å². The molecule has 0 aliphatic carbocycles. The molecule has 0 bridgehead atoms. The number of hydrogen-bond acceptors (Lipinski definition) is 3. The summed E-state index contributed by atoms with van der Waals surface area (Å²) in [4.78, 5) is 33.7. The normalized spacial score (nSPS) is 15.1. The second-order valence-electron chi connectivity index (χ2n) is 7.38. The smallest absolute Gasteiger partial charge is 0.253 e. The summed E-state index contributed by atoms with van der Waals surface area (Å²) in [5.41, 5.74) is 4.61. The minimum atomic E-state index is -0.0123. The number of carbonyl (C=O) groups excluding carboxylic acids is 2.